The minimum absolute atomic E-state index is 0.0198. The van der Waals surface area contributed by atoms with E-state index in [-0.39, 0.29) is 27.8 Å². The molecule has 0 fully saturated rings. The molecule has 0 aliphatic carbocycles. The van der Waals surface area contributed by atoms with Gasteiger partial charge in [-0.15, -0.1) is 11.3 Å². The van der Waals surface area contributed by atoms with Gasteiger partial charge in [0.1, 0.15) is 5.82 Å². The fourth-order valence-electron chi connectivity index (χ4n) is 2.96. The first kappa shape index (κ1) is 23.4. The van der Waals surface area contributed by atoms with Crippen molar-refractivity contribution in [3.8, 4) is 0 Å². The van der Waals surface area contributed by atoms with E-state index in [1.165, 1.54) is 36.5 Å². The van der Waals surface area contributed by atoms with Crippen LogP contribution in [0.1, 0.15) is 33.8 Å². The number of amides is 1. The van der Waals surface area contributed by atoms with Gasteiger partial charge in [-0.05, 0) is 61.2 Å². The first-order valence-electron chi connectivity index (χ1n) is 9.55. The van der Waals surface area contributed by atoms with Crippen LogP contribution in [0.5, 0.6) is 0 Å². The van der Waals surface area contributed by atoms with E-state index in [0.29, 0.717) is 0 Å². The molecule has 0 bridgehead atoms. The monoisotopic (exact) mass is 476 g/mol. The summed E-state index contributed by atoms with van der Waals surface area (Å²) in [6, 6.07) is 12.7. The summed E-state index contributed by atoms with van der Waals surface area (Å²) in [5, 5.41) is 4.62. The normalized spacial score (nSPS) is 12.1. The van der Waals surface area contributed by atoms with E-state index in [4.69, 9.17) is 4.74 Å². The minimum Gasteiger partial charge on any atom is -0.452 e. The number of sulfonamides is 1. The average Bonchev–Trinajstić information content (AvgIpc) is 3.27. The Balaban J connectivity index is 1.69. The summed E-state index contributed by atoms with van der Waals surface area (Å²) in [5.74, 6) is -1.91. The highest BCUT2D eigenvalue weighted by atomic mass is 32.2. The molecule has 3 rings (SSSR count). The van der Waals surface area contributed by atoms with Gasteiger partial charge in [-0.25, -0.2) is 17.6 Å². The molecule has 1 aromatic heterocycles. The molecular weight excluding hydrogens is 455 g/mol. The highest BCUT2D eigenvalue weighted by Crippen LogP contribution is 2.23. The molecule has 0 radical (unpaired) electrons. The topological polar surface area (TPSA) is 102 Å². The summed E-state index contributed by atoms with van der Waals surface area (Å²) in [6.45, 7) is 2.76. The molecule has 0 unspecified atom stereocenters. The van der Waals surface area contributed by atoms with Gasteiger partial charge >= 0.3 is 5.97 Å². The fourth-order valence-corrected chi connectivity index (χ4v) is 5.01. The molecule has 10 heteroatoms. The standard InChI is InChI=1S/C22H21FN2O5S2/c1-14-12-16(23)9-10-20(14)32(28,29)25-18-7-4-3-6-17(18)22(27)30-13-21(26)24-15(2)19-8-5-11-31-19/h3-12,15,25H,13H2,1-2H3,(H,24,26)/t15-/m0/s1. The van der Waals surface area contributed by atoms with Crippen molar-refractivity contribution in [3.05, 3.63) is 81.8 Å². The van der Waals surface area contributed by atoms with Crippen molar-refractivity contribution in [2.75, 3.05) is 11.3 Å². The Bertz CT molecular complexity index is 1230. The fraction of sp³-hybridized carbons (Fsp3) is 0.182. The lowest BCUT2D eigenvalue weighted by Gasteiger charge is -2.14. The van der Waals surface area contributed by atoms with E-state index in [9.17, 15) is 22.4 Å². The van der Waals surface area contributed by atoms with E-state index in [1.54, 1.807) is 6.07 Å². The van der Waals surface area contributed by atoms with Gasteiger partial charge in [-0.2, -0.15) is 0 Å². The van der Waals surface area contributed by atoms with Gasteiger partial charge in [0.15, 0.2) is 6.61 Å². The van der Waals surface area contributed by atoms with Crippen LogP contribution < -0.4 is 10.0 Å². The lowest BCUT2D eigenvalue weighted by molar-refractivity contribution is -0.124. The van der Waals surface area contributed by atoms with Crippen LogP contribution in [0.25, 0.3) is 0 Å². The number of carbonyl (C=O) groups is 2. The van der Waals surface area contributed by atoms with Gasteiger partial charge < -0.3 is 10.1 Å². The Morgan fingerprint density at radius 2 is 1.88 bits per heavy atom. The van der Waals surface area contributed by atoms with Crippen LogP contribution in [-0.2, 0) is 19.6 Å². The maximum atomic E-state index is 13.3. The van der Waals surface area contributed by atoms with Crippen LogP contribution in [0.15, 0.2) is 64.9 Å². The number of ether oxygens (including phenoxy) is 1. The summed E-state index contributed by atoms with van der Waals surface area (Å²) in [6.07, 6.45) is 0. The van der Waals surface area contributed by atoms with Crippen molar-refractivity contribution in [3.63, 3.8) is 0 Å². The number of hydrogen-bond donors (Lipinski definition) is 2. The summed E-state index contributed by atoms with van der Waals surface area (Å²) < 4.78 is 46.3. The number of thiophene rings is 1. The molecule has 32 heavy (non-hydrogen) atoms. The number of rotatable bonds is 8. The maximum Gasteiger partial charge on any atom is 0.340 e. The molecule has 2 N–H and O–H groups in total. The van der Waals surface area contributed by atoms with E-state index in [1.807, 2.05) is 24.4 Å². The highest BCUT2D eigenvalue weighted by molar-refractivity contribution is 7.92. The van der Waals surface area contributed by atoms with Crippen molar-refractivity contribution in [2.45, 2.75) is 24.8 Å². The zero-order chi connectivity index (χ0) is 23.3. The van der Waals surface area contributed by atoms with Crippen LogP contribution in [0.3, 0.4) is 0 Å². The van der Waals surface area contributed by atoms with Crippen molar-refractivity contribution in [1.82, 2.24) is 5.32 Å². The van der Waals surface area contributed by atoms with Gasteiger partial charge in [0.2, 0.25) is 0 Å². The van der Waals surface area contributed by atoms with Crippen molar-refractivity contribution in [2.24, 2.45) is 0 Å². The molecule has 168 valence electrons. The second kappa shape index (κ2) is 9.92. The second-order valence-corrected chi connectivity index (χ2v) is 9.57. The summed E-state index contributed by atoms with van der Waals surface area (Å²) in [4.78, 5) is 25.5. The Hall–Kier alpha value is -3.24. The molecule has 1 amide bonds. The predicted molar refractivity (Wildman–Crippen MR) is 120 cm³/mol. The quantitative estimate of drug-likeness (QED) is 0.478. The third kappa shape index (κ3) is 5.71. The number of halogens is 1. The van der Waals surface area contributed by atoms with E-state index in [2.05, 4.69) is 10.0 Å². The van der Waals surface area contributed by atoms with Crippen molar-refractivity contribution < 1.29 is 27.1 Å². The Kier molecular flexibility index (Phi) is 7.26. The third-order valence-corrected chi connectivity index (χ3v) is 7.08. The molecule has 2 aromatic carbocycles. The lowest BCUT2D eigenvalue weighted by Crippen LogP contribution is -2.31. The molecule has 3 aromatic rings. The number of esters is 1. The number of anilines is 1. The zero-order valence-electron chi connectivity index (χ0n) is 17.3. The van der Waals surface area contributed by atoms with Gasteiger partial charge in [-0.3, -0.25) is 9.52 Å². The van der Waals surface area contributed by atoms with E-state index in [0.717, 1.165) is 23.1 Å². The number of carbonyl (C=O) groups excluding carboxylic acids is 2. The minimum atomic E-state index is -4.09. The molecule has 0 spiro atoms. The zero-order valence-corrected chi connectivity index (χ0v) is 18.9. The molecule has 0 saturated heterocycles. The lowest BCUT2D eigenvalue weighted by atomic mass is 10.2. The number of benzene rings is 2. The number of aryl methyl sites for hydroxylation is 1. The first-order valence-corrected chi connectivity index (χ1v) is 11.9. The molecule has 1 heterocycles. The van der Waals surface area contributed by atoms with Crippen molar-refractivity contribution in [1.29, 1.82) is 0 Å². The first-order chi connectivity index (χ1) is 15.2. The van der Waals surface area contributed by atoms with E-state index >= 15 is 0 Å². The Morgan fingerprint density at radius 3 is 2.56 bits per heavy atom. The molecular formula is C22H21FN2O5S2. The maximum absolute atomic E-state index is 13.3. The third-order valence-electron chi connectivity index (χ3n) is 4.50. The van der Waals surface area contributed by atoms with Crippen LogP contribution in [0.2, 0.25) is 0 Å². The van der Waals surface area contributed by atoms with Crippen molar-refractivity contribution >= 4 is 38.9 Å². The van der Waals surface area contributed by atoms with Crippen LogP contribution in [0.4, 0.5) is 10.1 Å². The predicted octanol–water partition coefficient (Wildman–Crippen LogP) is 4.03. The van der Waals surface area contributed by atoms with Gasteiger partial charge in [-0.1, -0.05) is 18.2 Å². The molecule has 0 saturated carbocycles. The van der Waals surface area contributed by atoms with Gasteiger partial charge in [0, 0.05) is 4.88 Å². The Labute approximate surface area is 189 Å². The van der Waals surface area contributed by atoms with Crippen LogP contribution >= 0.6 is 11.3 Å². The number of hydrogen-bond acceptors (Lipinski definition) is 6. The molecule has 7 nitrogen and oxygen atoms in total. The largest absolute Gasteiger partial charge is 0.452 e. The Morgan fingerprint density at radius 1 is 1.12 bits per heavy atom. The summed E-state index contributed by atoms with van der Waals surface area (Å²) in [7, 11) is -4.09. The smallest absolute Gasteiger partial charge is 0.340 e. The summed E-state index contributed by atoms with van der Waals surface area (Å²) >= 11 is 1.49. The van der Waals surface area contributed by atoms with Gasteiger partial charge in [0.05, 0.1) is 22.2 Å². The average molecular weight is 477 g/mol. The SMILES string of the molecule is Cc1cc(F)ccc1S(=O)(=O)Nc1ccccc1C(=O)OCC(=O)N[C@@H](C)c1cccs1. The van der Waals surface area contributed by atoms with Crippen LogP contribution in [-0.4, -0.2) is 26.9 Å². The second-order valence-electron chi connectivity index (χ2n) is 6.94. The number of nitrogens with one attached hydrogen (secondary N) is 2. The highest BCUT2D eigenvalue weighted by Gasteiger charge is 2.22. The van der Waals surface area contributed by atoms with Gasteiger partial charge in [0.25, 0.3) is 15.9 Å². The summed E-state index contributed by atoms with van der Waals surface area (Å²) in [5.41, 5.74) is 0.137. The van der Waals surface area contributed by atoms with Crippen LogP contribution in [0, 0.1) is 12.7 Å². The molecule has 0 aliphatic heterocycles. The number of para-hydroxylation sites is 1. The molecule has 0 aliphatic rings. The van der Waals surface area contributed by atoms with E-state index < -0.39 is 34.3 Å². The molecule has 1 atom stereocenters.